The predicted octanol–water partition coefficient (Wildman–Crippen LogP) is 0.564. The van der Waals surface area contributed by atoms with E-state index in [-0.39, 0.29) is 18.1 Å². The molecule has 4 nitrogen and oxygen atoms in total. The molecule has 1 rings (SSSR count). The molecule has 0 bridgehead atoms. The zero-order chi connectivity index (χ0) is 9.14. The Morgan fingerprint density at radius 3 is 2.67 bits per heavy atom. The fourth-order valence-corrected chi connectivity index (χ4v) is 1.60. The molecule has 0 saturated carbocycles. The Morgan fingerprint density at radius 1 is 1.67 bits per heavy atom. The van der Waals surface area contributed by atoms with Gasteiger partial charge in [0.1, 0.15) is 0 Å². The van der Waals surface area contributed by atoms with Gasteiger partial charge in [-0.05, 0) is 20.3 Å². The molecule has 1 aliphatic rings. The van der Waals surface area contributed by atoms with Gasteiger partial charge in [-0.2, -0.15) is 0 Å². The van der Waals surface area contributed by atoms with Crippen LogP contribution in [0.3, 0.4) is 0 Å². The summed E-state index contributed by atoms with van der Waals surface area (Å²) < 4.78 is 5.19. The average Bonchev–Trinajstić information content (AvgIpc) is 2.37. The number of carbonyl (C=O) groups is 1. The number of nitrogens with two attached hydrogens (primary N) is 1. The van der Waals surface area contributed by atoms with Gasteiger partial charge >= 0.3 is 6.03 Å². The molecule has 1 heterocycles. The lowest BCUT2D eigenvalue weighted by Gasteiger charge is -2.29. The molecule has 0 aromatic heterocycles. The van der Waals surface area contributed by atoms with Crippen molar-refractivity contribution in [3.63, 3.8) is 0 Å². The summed E-state index contributed by atoms with van der Waals surface area (Å²) >= 11 is 0. The van der Waals surface area contributed by atoms with Crippen molar-refractivity contribution in [2.75, 3.05) is 13.2 Å². The number of urea groups is 1. The minimum Gasteiger partial charge on any atom is -0.379 e. The monoisotopic (exact) mass is 172 g/mol. The summed E-state index contributed by atoms with van der Waals surface area (Å²) in [5, 5.41) is 0. The molecule has 1 aliphatic heterocycles. The summed E-state index contributed by atoms with van der Waals surface area (Å²) in [6.07, 6.45) is 0.904. The molecule has 0 spiro atoms. The topological polar surface area (TPSA) is 55.6 Å². The fraction of sp³-hybridized carbons (Fsp3) is 0.875. The standard InChI is InChI=1S/C8H16N2O2/c1-6(2)10(8(9)11)7-3-4-12-5-7/h6-7H,3-5H2,1-2H3,(H2,9,11). The van der Waals surface area contributed by atoms with E-state index in [2.05, 4.69) is 0 Å². The lowest BCUT2D eigenvalue weighted by molar-refractivity contribution is 0.136. The van der Waals surface area contributed by atoms with Gasteiger partial charge in [0, 0.05) is 12.6 Å². The van der Waals surface area contributed by atoms with Crippen LogP contribution >= 0.6 is 0 Å². The quantitative estimate of drug-likeness (QED) is 0.661. The minimum atomic E-state index is -0.347. The third-order valence-corrected chi connectivity index (χ3v) is 2.11. The number of ether oxygens (including phenoxy) is 1. The predicted molar refractivity (Wildman–Crippen MR) is 45.8 cm³/mol. The van der Waals surface area contributed by atoms with Gasteiger partial charge in [-0.3, -0.25) is 0 Å². The molecule has 1 saturated heterocycles. The molecule has 12 heavy (non-hydrogen) atoms. The van der Waals surface area contributed by atoms with Crippen LogP contribution in [0, 0.1) is 0 Å². The van der Waals surface area contributed by atoms with Crippen molar-refractivity contribution in [3.05, 3.63) is 0 Å². The van der Waals surface area contributed by atoms with E-state index in [4.69, 9.17) is 10.5 Å². The van der Waals surface area contributed by atoms with Crippen molar-refractivity contribution in [1.29, 1.82) is 0 Å². The fourth-order valence-electron chi connectivity index (χ4n) is 1.60. The molecule has 2 N–H and O–H groups in total. The van der Waals surface area contributed by atoms with Gasteiger partial charge in [0.25, 0.3) is 0 Å². The van der Waals surface area contributed by atoms with Crippen LogP contribution in [0.2, 0.25) is 0 Å². The Kier molecular flexibility index (Phi) is 2.92. The Balaban J connectivity index is 2.58. The molecule has 0 aromatic carbocycles. The Morgan fingerprint density at radius 2 is 2.33 bits per heavy atom. The molecule has 0 aliphatic carbocycles. The summed E-state index contributed by atoms with van der Waals surface area (Å²) in [6.45, 7) is 5.29. The smallest absolute Gasteiger partial charge is 0.315 e. The number of hydrogen-bond acceptors (Lipinski definition) is 2. The minimum absolute atomic E-state index is 0.161. The molecule has 1 unspecified atom stereocenters. The molecule has 70 valence electrons. The number of rotatable bonds is 2. The first-order chi connectivity index (χ1) is 5.63. The van der Waals surface area contributed by atoms with E-state index >= 15 is 0 Å². The van der Waals surface area contributed by atoms with Crippen LogP contribution in [-0.4, -0.2) is 36.2 Å². The number of amides is 2. The van der Waals surface area contributed by atoms with Crippen molar-refractivity contribution >= 4 is 6.03 Å². The second kappa shape index (κ2) is 3.76. The highest BCUT2D eigenvalue weighted by Crippen LogP contribution is 2.14. The second-order valence-corrected chi connectivity index (χ2v) is 3.36. The molecule has 1 fully saturated rings. The van der Waals surface area contributed by atoms with E-state index in [9.17, 15) is 4.79 Å². The van der Waals surface area contributed by atoms with Crippen molar-refractivity contribution in [3.8, 4) is 0 Å². The van der Waals surface area contributed by atoms with E-state index in [0.29, 0.717) is 6.61 Å². The van der Waals surface area contributed by atoms with Crippen LogP contribution in [0.4, 0.5) is 4.79 Å². The van der Waals surface area contributed by atoms with E-state index < -0.39 is 0 Å². The first-order valence-corrected chi connectivity index (χ1v) is 4.28. The maximum absolute atomic E-state index is 11.0. The van der Waals surface area contributed by atoms with Crippen LogP contribution in [0.15, 0.2) is 0 Å². The van der Waals surface area contributed by atoms with E-state index in [0.717, 1.165) is 13.0 Å². The summed E-state index contributed by atoms with van der Waals surface area (Å²) in [7, 11) is 0. The van der Waals surface area contributed by atoms with Crippen molar-refractivity contribution in [2.24, 2.45) is 5.73 Å². The highest BCUT2D eigenvalue weighted by molar-refractivity contribution is 5.72. The van der Waals surface area contributed by atoms with Crippen LogP contribution in [0.5, 0.6) is 0 Å². The van der Waals surface area contributed by atoms with Gasteiger partial charge in [-0.1, -0.05) is 0 Å². The highest BCUT2D eigenvalue weighted by Gasteiger charge is 2.27. The number of nitrogens with zero attached hydrogens (tertiary/aromatic N) is 1. The van der Waals surface area contributed by atoms with Crippen molar-refractivity contribution < 1.29 is 9.53 Å². The lowest BCUT2D eigenvalue weighted by Crippen LogP contribution is -2.48. The Bertz CT molecular complexity index is 164. The Labute approximate surface area is 72.7 Å². The molecule has 1 atom stereocenters. The third kappa shape index (κ3) is 1.88. The maximum atomic E-state index is 11.0. The van der Waals surface area contributed by atoms with E-state index in [1.165, 1.54) is 0 Å². The molecule has 2 amide bonds. The van der Waals surface area contributed by atoms with Gasteiger partial charge in [-0.15, -0.1) is 0 Å². The van der Waals surface area contributed by atoms with Crippen LogP contribution in [0.1, 0.15) is 20.3 Å². The largest absolute Gasteiger partial charge is 0.379 e. The lowest BCUT2D eigenvalue weighted by atomic mass is 10.2. The maximum Gasteiger partial charge on any atom is 0.315 e. The van der Waals surface area contributed by atoms with Crippen molar-refractivity contribution in [1.82, 2.24) is 4.90 Å². The number of carbonyl (C=O) groups excluding carboxylic acids is 1. The van der Waals surface area contributed by atoms with E-state index in [1.54, 1.807) is 4.90 Å². The van der Waals surface area contributed by atoms with Gasteiger partial charge < -0.3 is 15.4 Å². The van der Waals surface area contributed by atoms with Gasteiger partial charge in [0.15, 0.2) is 0 Å². The normalized spacial score (nSPS) is 23.1. The zero-order valence-corrected chi connectivity index (χ0v) is 7.62. The second-order valence-electron chi connectivity index (χ2n) is 3.36. The molecule has 0 radical (unpaired) electrons. The van der Waals surface area contributed by atoms with Crippen LogP contribution in [-0.2, 0) is 4.74 Å². The number of hydrogen-bond donors (Lipinski definition) is 1. The van der Waals surface area contributed by atoms with Crippen LogP contribution < -0.4 is 5.73 Å². The average molecular weight is 172 g/mol. The van der Waals surface area contributed by atoms with Gasteiger partial charge in [0.2, 0.25) is 0 Å². The summed E-state index contributed by atoms with van der Waals surface area (Å²) in [4.78, 5) is 12.7. The summed E-state index contributed by atoms with van der Waals surface area (Å²) in [6, 6.07) is -0.00259. The van der Waals surface area contributed by atoms with Crippen LogP contribution in [0.25, 0.3) is 0 Å². The summed E-state index contributed by atoms with van der Waals surface area (Å²) in [5.41, 5.74) is 5.25. The third-order valence-electron chi connectivity index (χ3n) is 2.11. The zero-order valence-electron chi connectivity index (χ0n) is 7.62. The summed E-state index contributed by atoms with van der Waals surface area (Å²) in [5.74, 6) is 0. The SMILES string of the molecule is CC(C)N(C(N)=O)C1CCOC1. The highest BCUT2D eigenvalue weighted by atomic mass is 16.5. The molecule has 0 aromatic rings. The molecular weight excluding hydrogens is 156 g/mol. The molecule has 4 heteroatoms. The van der Waals surface area contributed by atoms with E-state index in [1.807, 2.05) is 13.8 Å². The van der Waals surface area contributed by atoms with Gasteiger partial charge in [0.05, 0.1) is 12.6 Å². The Hall–Kier alpha value is -0.770. The molecular formula is C8H16N2O2. The van der Waals surface area contributed by atoms with Crippen molar-refractivity contribution in [2.45, 2.75) is 32.4 Å². The first-order valence-electron chi connectivity index (χ1n) is 4.28. The number of primary amides is 1. The van der Waals surface area contributed by atoms with Gasteiger partial charge in [-0.25, -0.2) is 4.79 Å². The first kappa shape index (κ1) is 9.32.